The monoisotopic (exact) mass is 339 g/mol. The van der Waals surface area contributed by atoms with Crippen LogP contribution in [0.5, 0.6) is 11.5 Å². The van der Waals surface area contributed by atoms with Gasteiger partial charge in [-0.05, 0) is 37.3 Å². The maximum Gasteiger partial charge on any atom is 0.182 e. The van der Waals surface area contributed by atoms with Crippen molar-refractivity contribution in [3.8, 4) is 11.5 Å². The number of aryl methyl sites for hydroxylation is 1. The molecule has 0 atom stereocenters. The Bertz CT molecular complexity index is 816. The van der Waals surface area contributed by atoms with Crippen LogP contribution >= 0.6 is 11.8 Å². The van der Waals surface area contributed by atoms with Crippen molar-refractivity contribution in [1.29, 1.82) is 0 Å². The molecular weight excluding hydrogens is 322 g/mol. The average molecular weight is 339 g/mol. The van der Waals surface area contributed by atoms with E-state index in [1.807, 2.05) is 30.3 Å². The molecule has 0 fully saturated rings. The van der Waals surface area contributed by atoms with Gasteiger partial charge >= 0.3 is 0 Å². The number of hydrogen-bond acceptors (Lipinski definition) is 5. The highest BCUT2D eigenvalue weighted by atomic mass is 32.2. The lowest BCUT2D eigenvalue weighted by atomic mass is 10.1. The molecule has 4 rings (SSSR count). The molecule has 2 heterocycles. The van der Waals surface area contributed by atoms with Crippen molar-refractivity contribution in [1.82, 2.24) is 5.43 Å². The first kappa shape index (κ1) is 15.1. The van der Waals surface area contributed by atoms with Crippen LogP contribution in [-0.4, -0.2) is 29.8 Å². The summed E-state index contributed by atoms with van der Waals surface area (Å²) in [5.74, 6) is 2.34. The van der Waals surface area contributed by atoms with Crippen LogP contribution in [0.1, 0.15) is 11.1 Å². The normalized spacial score (nSPS) is 18.0. The second kappa shape index (κ2) is 6.57. The molecule has 0 spiro atoms. The van der Waals surface area contributed by atoms with Crippen molar-refractivity contribution >= 4 is 28.3 Å². The molecule has 0 aliphatic carbocycles. The third kappa shape index (κ3) is 3.23. The van der Waals surface area contributed by atoms with Crippen molar-refractivity contribution in [3.05, 3.63) is 53.6 Å². The maximum absolute atomic E-state index is 5.63. The SMILES string of the molecule is Cc1ccc(N=C2NN=C(c3ccc4c(c3)OCCO4)CS2)cc1. The quantitative estimate of drug-likeness (QED) is 0.910. The summed E-state index contributed by atoms with van der Waals surface area (Å²) in [6, 6.07) is 14.0. The zero-order valence-electron chi connectivity index (χ0n) is 13.3. The predicted molar refractivity (Wildman–Crippen MR) is 97.8 cm³/mol. The lowest BCUT2D eigenvalue weighted by Gasteiger charge is -2.20. The molecule has 2 aromatic rings. The predicted octanol–water partition coefficient (Wildman–Crippen LogP) is 3.49. The fraction of sp³-hybridized carbons (Fsp3) is 0.222. The summed E-state index contributed by atoms with van der Waals surface area (Å²) in [5.41, 5.74) is 7.20. The zero-order chi connectivity index (χ0) is 16.4. The number of aliphatic imine (C=N–C) groups is 1. The number of benzene rings is 2. The number of nitrogens with zero attached hydrogens (tertiary/aromatic N) is 2. The summed E-state index contributed by atoms with van der Waals surface area (Å²) >= 11 is 1.64. The van der Waals surface area contributed by atoms with Gasteiger partial charge in [0.2, 0.25) is 0 Å². The van der Waals surface area contributed by atoms with E-state index in [1.54, 1.807) is 11.8 Å². The van der Waals surface area contributed by atoms with E-state index in [-0.39, 0.29) is 0 Å². The Labute approximate surface area is 144 Å². The first-order chi connectivity index (χ1) is 11.8. The molecule has 0 bridgehead atoms. The van der Waals surface area contributed by atoms with Crippen LogP contribution < -0.4 is 14.9 Å². The second-order valence-electron chi connectivity index (χ2n) is 5.57. The summed E-state index contributed by atoms with van der Waals surface area (Å²) < 4.78 is 11.2. The molecule has 0 saturated carbocycles. The summed E-state index contributed by atoms with van der Waals surface area (Å²) in [6.45, 7) is 3.25. The minimum absolute atomic E-state index is 0.587. The van der Waals surface area contributed by atoms with E-state index in [9.17, 15) is 0 Å². The van der Waals surface area contributed by atoms with Gasteiger partial charge in [0.15, 0.2) is 16.7 Å². The van der Waals surface area contributed by atoms with Crippen LogP contribution in [0, 0.1) is 6.92 Å². The molecular formula is C18H17N3O2S. The third-order valence-corrected chi connectivity index (χ3v) is 4.65. The number of amidine groups is 1. The average Bonchev–Trinajstić information content (AvgIpc) is 2.64. The van der Waals surface area contributed by atoms with E-state index in [2.05, 4.69) is 34.6 Å². The molecule has 0 unspecified atom stereocenters. The van der Waals surface area contributed by atoms with Crippen LogP contribution in [-0.2, 0) is 0 Å². The van der Waals surface area contributed by atoms with Crippen LogP contribution in [0.15, 0.2) is 52.6 Å². The Kier molecular flexibility index (Phi) is 4.13. The largest absolute Gasteiger partial charge is 0.486 e. The molecule has 2 aliphatic heterocycles. The number of hydrogen-bond donors (Lipinski definition) is 1. The second-order valence-corrected chi connectivity index (χ2v) is 6.53. The van der Waals surface area contributed by atoms with E-state index >= 15 is 0 Å². The van der Waals surface area contributed by atoms with E-state index in [4.69, 9.17) is 9.47 Å². The van der Waals surface area contributed by atoms with Crippen LogP contribution in [0.4, 0.5) is 5.69 Å². The van der Waals surface area contributed by atoms with Gasteiger partial charge in [-0.2, -0.15) is 5.10 Å². The molecule has 24 heavy (non-hydrogen) atoms. The first-order valence-electron chi connectivity index (χ1n) is 7.79. The number of hydrazone groups is 1. The topological polar surface area (TPSA) is 55.2 Å². The summed E-state index contributed by atoms with van der Waals surface area (Å²) in [5, 5.41) is 5.27. The van der Waals surface area contributed by atoms with Crippen molar-refractivity contribution in [2.24, 2.45) is 10.1 Å². The van der Waals surface area contributed by atoms with Crippen molar-refractivity contribution in [2.75, 3.05) is 19.0 Å². The van der Waals surface area contributed by atoms with Gasteiger partial charge in [0.05, 0.1) is 11.4 Å². The number of thioether (sulfide) groups is 1. The number of rotatable bonds is 2. The molecule has 0 amide bonds. The van der Waals surface area contributed by atoms with Gasteiger partial charge in [0, 0.05) is 11.3 Å². The van der Waals surface area contributed by atoms with Gasteiger partial charge in [0.25, 0.3) is 0 Å². The number of fused-ring (bicyclic) bond motifs is 1. The van der Waals surface area contributed by atoms with E-state index in [0.717, 1.165) is 39.4 Å². The van der Waals surface area contributed by atoms with Gasteiger partial charge in [-0.15, -0.1) is 0 Å². The summed E-state index contributed by atoms with van der Waals surface area (Å²) in [4.78, 5) is 4.57. The van der Waals surface area contributed by atoms with E-state index < -0.39 is 0 Å². The van der Waals surface area contributed by atoms with E-state index in [0.29, 0.717) is 13.2 Å². The molecule has 0 saturated heterocycles. The Morgan fingerprint density at radius 2 is 1.83 bits per heavy atom. The number of nitrogens with one attached hydrogen (secondary N) is 1. The fourth-order valence-electron chi connectivity index (χ4n) is 2.48. The van der Waals surface area contributed by atoms with Crippen molar-refractivity contribution in [2.45, 2.75) is 6.92 Å². The molecule has 6 heteroatoms. The molecule has 2 aliphatic rings. The van der Waals surface area contributed by atoms with Gasteiger partial charge in [-0.1, -0.05) is 29.5 Å². The number of ether oxygens (including phenoxy) is 2. The highest BCUT2D eigenvalue weighted by molar-refractivity contribution is 8.14. The Hall–Kier alpha value is -2.47. The van der Waals surface area contributed by atoms with Crippen molar-refractivity contribution in [3.63, 3.8) is 0 Å². The molecule has 2 aromatic carbocycles. The minimum Gasteiger partial charge on any atom is -0.486 e. The molecule has 0 radical (unpaired) electrons. The third-order valence-electron chi connectivity index (χ3n) is 3.77. The lowest BCUT2D eigenvalue weighted by molar-refractivity contribution is 0.171. The van der Waals surface area contributed by atoms with Gasteiger partial charge in [0.1, 0.15) is 13.2 Å². The Balaban J connectivity index is 1.51. The first-order valence-corrected chi connectivity index (χ1v) is 8.77. The van der Waals surface area contributed by atoms with Gasteiger partial charge < -0.3 is 9.47 Å². The Morgan fingerprint density at radius 3 is 2.58 bits per heavy atom. The smallest absolute Gasteiger partial charge is 0.182 e. The maximum atomic E-state index is 5.63. The van der Waals surface area contributed by atoms with Crippen molar-refractivity contribution < 1.29 is 9.47 Å². The van der Waals surface area contributed by atoms with Crippen LogP contribution in [0.2, 0.25) is 0 Å². The summed E-state index contributed by atoms with van der Waals surface area (Å²) in [6.07, 6.45) is 0. The summed E-state index contributed by atoms with van der Waals surface area (Å²) in [7, 11) is 0. The minimum atomic E-state index is 0.587. The standard InChI is InChI=1S/C18H17N3O2S/c1-12-2-5-14(6-3-12)19-18-21-20-15(11-24-18)13-4-7-16-17(10-13)23-9-8-22-16/h2-7,10H,8-9,11H2,1H3,(H,19,21). The van der Waals surface area contributed by atoms with Gasteiger partial charge in [-0.25, -0.2) is 4.99 Å². The van der Waals surface area contributed by atoms with Crippen LogP contribution in [0.3, 0.4) is 0 Å². The zero-order valence-corrected chi connectivity index (χ0v) is 14.1. The highest BCUT2D eigenvalue weighted by Crippen LogP contribution is 2.31. The molecule has 122 valence electrons. The lowest BCUT2D eigenvalue weighted by Crippen LogP contribution is -2.25. The molecule has 5 nitrogen and oxygen atoms in total. The molecule has 1 N–H and O–H groups in total. The van der Waals surface area contributed by atoms with Crippen LogP contribution in [0.25, 0.3) is 0 Å². The highest BCUT2D eigenvalue weighted by Gasteiger charge is 2.17. The fourth-order valence-corrected chi connectivity index (χ4v) is 3.27. The van der Waals surface area contributed by atoms with Gasteiger partial charge in [-0.3, -0.25) is 5.43 Å². The Morgan fingerprint density at radius 1 is 1.04 bits per heavy atom. The molecule has 0 aromatic heterocycles. The van der Waals surface area contributed by atoms with E-state index in [1.165, 1.54) is 5.56 Å².